The maximum Gasteiger partial charge on any atom is 0.261 e. The number of nitrogens with one attached hydrogen (secondary N) is 2. The second-order valence-electron chi connectivity index (χ2n) is 8.23. The topological polar surface area (TPSA) is 107 Å². The van der Waals surface area contributed by atoms with Gasteiger partial charge in [-0.2, -0.15) is 0 Å². The summed E-state index contributed by atoms with van der Waals surface area (Å²) < 4.78 is 0. The highest BCUT2D eigenvalue weighted by Gasteiger charge is 2.50. The Morgan fingerprint density at radius 1 is 1.03 bits per heavy atom. The van der Waals surface area contributed by atoms with Gasteiger partial charge in [0.15, 0.2) is 11.5 Å². The molecule has 0 bridgehead atoms. The molecule has 3 heterocycles. The maximum atomic E-state index is 13.5. The van der Waals surface area contributed by atoms with Gasteiger partial charge in [-0.05, 0) is 42.8 Å². The van der Waals surface area contributed by atoms with Crippen molar-refractivity contribution >= 4 is 34.4 Å². The van der Waals surface area contributed by atoms with Crippen LogP contribution in [0.25, 0.3) is 11.0 Å². The average Bonchev–Trinajstić information content (AvgIpc) is 3.35. The van der Waals surface area contributed by atoms with Gasteiger partial charge in [-0.15, -0.1) is 0 Å². The summed E-state index contributed by atoms with van der Waals surface area (Å²) in [5.41, 5.74) is 2.91. The lowest BCUT2D eigenvalue weighted by atomic mass is 9.93. The third kappa shape index (κ3) is 3.04. The molecular weight excluding hydrogens is 428 g/mol. The van der Waals surface area contributed by atoms with E-state index >= 15 is 0 Å². The highest BCUT2D eigenvalue weighted by atomic mass is 16.3. The summed E-state index contributed by atoms with van der Waals surface area (Å²) in [5.74, 6) is 0.804. The van der Waals surface area contributed by atoms with Crippen molar-refractivity contribution in [1.82, 2.24) is 19.9 Å². The number of anilines is 3. The quantitative estimate of drug-likeness (QED) is 0.379. The molecule has 0 aliphatic carbocycles. The molecule has 1 unspecified atom stereocenters. The molecule has 34 heavy (non-hydrogen) atoms. The number of rotatable bonds is 4. The number of hydrogen-bond donors (Lipinski definition) is 3. The van der Waals surface area contributed by atoms with Crippen LogP contribution in [-0.4, -0.2) is 30.9 Å². The second-order valence-corrected chi connectivity index (χ2v) is 8.23. The second kappa shape index (κ2) is 7.50. The van der Waals surface area contributed by atoms with Gasteiger partial charge in [-0.3, -0.25) is 14.7 Å². The molecule has 0 saturated carbocycles. The molecule has 0 fully saturated rings. The van der Waals surface area contributed by atoms with Crippen LogP contribution in [0.4, 0.5) is 17.5 Å². The lowest BCUT2D eigenvalue weighted by Gasteiger charge is -2.35. The van der Waals surface area contributed by atoms with Crippen molar-refractivity contribution < 1.29 is 9.90 Å². The molecule has 6 rings (SSSR count). The number of nitrogens with zero attached hydrogens (tertiary/aromatic N) is 4. The molecule has 2 aromatic heterocycles. The van der Waals surface area contributed by atoms with Crippen molar-refractivity contribution in [1.29, 1.82) is 0 Å². The van der Waals surface area contributed by atoms with E-state index in [1.807, 2.05) is 49.4 Å². The predicted molar refractivity (Wildman–Crippen MR) is 129 cm³/mol. The van der Waals surface area contributed by atoms with Crippen molar-refractivity contribution in [3.63, 3.8) is 0 Å². The average molecular weight is 448 g/mol. The van der Waals surface area contributed by atoms with E-state index in [2.05, 4.69) is 25.3 Å². The van der Waals surface area contributed by atoms with E-state index in [0.717, 1.165) is 5.56 Å². The molecule has 3 N–H and O–H groups in total. The van der Waals surface area contributed by atoms with Crippen LogP contribution in [0.15, 0.2) is 85.3 Å². The number of aromatic amines is 1. The van der Waals surface area contributed by atoms with Gasteiger partial charge in [0.1, 0.15) is 0 Å². The molecule has 3 aromatic carbocycles. The number of benzene rings is 3. The number of H-pyrrole nitrogens is 1. The smallest absolute Gasteiger partial charge is 0.261 e. The minimum Gasteiger partial charge on any atom is -0.363 e. The number of amides is 1. The Balaban J connectivity index is 1.49. The number of hydrogen-bond acceptors (Lipinski definition) is 6. The summed E-state index contributed by atoms with van der Waals surface area (Å²) in [6.45, 7) is 1.96. The summed E-state index contributed by atoms with van der Waals surface area (Å²) in [6.07, 6.45) is 4.78. The van der Waals surface area contributed by atoms with Crippen molar-refractivity contribution in [2.75, 3.05) is 10.2 Å². The molecule has 0 spiro atoms. The first-order chi connectivity index (χ1) is 16.5. The van der Waals surface area contributed by atoms with Crippen LogP contribution in [0.5, 0.6) is 0 Å². The van der Waals surface area contributed by atoms with E-state index < -0.39 is 5.72 Å². The lowest BCUT2D eigenvalue weighted by Crippen LogP contribution is -2.45. The number of carbonyl (C=O) groups is 1. The molecule has 0 radical (unpaired) electrons. The highest BCUT2D eigenvalue weighted by Crippen LogP contribution is 2.45. The normalized spacial score (nSPS) is 17.2. The highest BCUT2D eigenvalue weighted by molar-refractivity contribution is 6.12. The number of aliphatic hydroxyl groups is 1. The van der Waals surface area contributed by atoms with Crippen LogP contribution in [-0.2, 0) is 5.72 Å². The van der Waals surface area contributed by atoms with E-state index in [1.165, 1.54) is 4.90 Å². The van der Waals surface area contributed by atoms with Gasteiger partial charge < -0.3 is 15.4 Å². The van der Waals surface area contributed by atoms with E-state index in [1.54, 1.807) is 42.9 Å². The van der Waals surface area contributed by atoms with E-state index in [4.69, 9.17) is 0 Å². The van der Waals surface area contributed by atoms with Gasteiger partial charge in [0.25, 0.3) is 5.91 Å². The van der Waals surface area contributed by atoms with Gasteiger partial charge in [0.05, 0.1) is 17.2 Å². The number of aryl methyl sites for hydroxylation is 1. The van der Waals surface area contributed by atoms with E-state index in [-0.39, 0.29) is 5.91 Å². The van der Waals surface area contributed by atoms with Crippen molar-refractivity contribution in [3.05, 3.63) is 108 Å². The van der Waals surface area contributed by atoms with Gasteiger partial charge in [0, 0.05) is 34.8 Å². The third-order valence-electron chi connectivity index (χ3n) is 6.01. The van der Waals surface area contributed by atoms with Gasteiger partial charge in [-0.25, -0.2) is 9.97 Å². The summed E-state index contributed by atoms with van der Waals surface area (Å²) >= 11 is 0. The largest absolute Gasteiger partial charge is 0.363 e. The van der Waals surface area contributed by atoms with Crippen LogP contribution >= 0.6 is 0 Å². The van der Waals surface area contributed by atoms with Crippen LogP contribution in [0.1, 0.15) is 27.0 Å². The summed E-state index contributed by atoms with van der Waals surface area (Å²) in [6, 6.07) is 20.2. The Kier molecular flexibility index (Phi) is 4.43. The molecule has 5 aromatic rings. The van der Waals surface area contributed by atoms with Crippen LogP contribution in [0.3, 0.4) is 0 Å². The Bertz CT molecular complexity index is 1550. The Labute approximate surface area is 195 Å². The summed E-state index contributed by atoms with van der Waals surface area (Å²) in [5, 5.41) is 15.3. The zero-order chi connectivity index (χ0) is 23.3. The number of aromatic nitrogens is 4. The van der Waals surface area contributed by atoms with E-state index in [9.17, 15) is 9.90 Å². The van der Waals surface area contributed by atoms with Crippen LogP contribution in [0.2, 0.25) is 0 Å². The Morgan fingerprint density at radius 3 is 2.74 bits per heavy atom. The number of carbonyl (C=O) groups excluding carboxylic acids is 1. The molecule has 1 atom stereocenters. The first kappa shape index (κ1) is 20.1. The van der Waals surface area contributed by atoms with Gasteiger partial charge in [0.2, 0.25) is 5.95 Å². The molecular formula is C26H20N6O2. The first-order valence-electron chi connectivity index (χ1n) is 10.8. The molecule has 166 valence electrons. The van der Waals surface area contributed by atoms with Crippen LogP contribution < -0.4 is 10.2 Å². The minimum atomic E-state index is -1.68. The number of imidazole rings is 1. The van der Waals surface area contributed by atoms with Gasteiger partial charge in [-0.1, -0.05) is 36.4 Å². The third-order valence-corrected chi connectivity index (χ3v) is 6.01. The van der Waals surface area contributed by atoms with Crippen molar-refractivity contribution in [2.24, 2.45) is 0 Å². The molecule has 8 nitrogen and oxygen atoms in total. The fourth-order valence-corrected chi connectivity index (χ4v) is 4.49. The number of fused-ring (bicyclic) bond motifs is 2. The molecule has 1 aliphatic heterocycles. The molecule has 1 amide bonds. The first-order valence-corrected chi connectivity index (χ1v) is 10.8. The summed E-state index contributed by atoms with van der Waals surface area (Å²) in [7, 11) is 0. The molecule has 8 heteroatoms. The zero-order valence-electron chi connectivity index (χ0n) is 18.2. The maximum absolute atomic E-state index is 13.5. The van der Waals surface area contributed by atoms with Gasteiger partial charge >= 0.3 is 0 Å². The minimum absolute atomic E-state index is 0.251. The predicted octanol–water partition coefficient (Wildman–Crippen LogP) is 4.26. The van der Waals surface area contributed by atoms with Crippen LogP contribution in [0, 0.1) is 6.92 Å². The van der Waals surface area contributed by atoms with Crippen molar-refractivity contribution in [2.45, 2.75) is 12.6 Å². The van der Waals surface area contributed by atoms with Crippen molar-refractivity contribution in [3.8, 4) is 0 Å². The van der Waals surface area contributed by atoms with E-state index in [0.29, 0.717) is 45.2 Å². The molecule has 1 aliphatic rings. The standard InChI is InChI=1S/C26H20N6O2/c1-16-5-4-6-18(13-16)32-24(33)19-7-2-3-8-20(19)26(32,34)17-9-10-21-22(14-17)30-25(29-21)31-23-15-27-11-12-28-23/h2-15,34H,1H3,(H2,28,29,30,31). The lowest BCUT2D eigenvalue weighted by molar-refractivity contribution is 0.0704. The fourth-order valence-electron chi connectivity index (χ4n) is 4.49. The SMILES string of the molecule is Cc1cccc(N2C(=O)c3ccccc3C2(O)c2ccc3nc(Nc4cnccn4)[nH]c3c2)c1. The monoisotopic (exact) mass is 448 g/mol. The molecule has 0 saturated heterocycles. The zero-order valence-corrected chi connectivity index (χ0v) is 18.2. The Hall–Kier alpha value is -4.56. The Morgan fingerprint density at radius 2 is 1.91 bits per heavy atom. The summed E-state index contributed by atoms with van der Waals surface area (Å²) in [4.78, 5) is 31.0. The fraction of sp³-hybridized carbons (Fsp3) is 0.0769.